The molecule has 9 aromatic heterocycles. The second-order valence-corrected chi connectivity index (χ2v) is 28.6. The first kappa shape index (κ1) is 90.2. The Bertz CT molecular complexity index is 5170. The Hall–Kier alpha value is -13.1. The van der Waals surface area contributed by atoms with E-state index in [1.165, 1.54) is 44.6 Å². The fourth-order valence-corrected chi connectivity index (χ4v) is 12.8. The summed E-state index contributed by atoms with van der Waals surface area (Å²) in [5, 5.41) is 31.6. The summed E-state index contributed by atoms with van der Waals surface area (Å²) in [6, 6.07) is 18.7. The maximum atomic E-state index is 13.3. The summed E-state index contributed by atoms with van der Waals surface area (Å²) in [4.78, 5) is 152. The van der Waals surface area contributed by atoms with Crippen molar-refractivity contribution in [1.82, 2.24) is 83.6 Å². The highest BCUT2D eigenvalue weighted by atomic mass is 16.6. The zero-order valence-corrected chi connectivity index (χ0v) is 69.4. The topological polar surface area (TPSA) is 460 Å². The van der Waals surface area contributed by atoms with E-state index in [-0.39, 0.29) is 129 Å². The third kappa shape index (κ3) is 27.2. The molecule has 121 heavy (non-hydrogen) atoms. The zero-order chi connectivity index (χ0) is 86.3. The Morgan fingerprint density at radius 2 is 1.00 bits per heavy atom. The van der Waals surface area contributed by atoms with Crippen LogP contribution in [0.2, 0.25) is 0 Å². The Morgan fingerprint density at radius 1 is 0.463 bits per heavy atom. The van der Waals surface area contributed by atoms with Gasteiger partial charge in [0.15, 0.2) is 17.5 Å². The number of ether oxygens (including phenoxy) is 5. The zero-order valence-electron chi connectivity index (χ0n) is 69.4. The van der Waals surface area contributed by atoms with Crippen LogP contribution in [-0.4, -0.2) is 234 Å². The van der Waals surface area contributed by atoms with Gasteiger partial charge in [-0.15, -0.1) is 0 Å². The van der Waals surface area contributed by atoms with Gasteiger partial charge in [-0.2, -0.15) is 0 Å². The number of imidazole rings is 3. The highest BCUT2D eigenvalue weighted by Crippen LogP contribution is 2.37. The standard InChI is InChI=1S/C82H105N23O16/c1-53-74(55(3)121-98-53)57-44-63-75(89-47-57)61(50-105(63)54(2)62-14-10-11-25-83-62)56-15-17-58(18-16-56)90-73(111)24-35-117-37-39-119-41-43-120-42-40-118-38-36-116-34-23-69(107)85-27-13-32-99(4)31-12-26-84-68(106)21-28-88-80(113)77-95-66(51-103(77)8)94-72(110)22-29-87-79(112)64-45-59(48-101(64)6)91-82(115)78-96-65(52-104(78)9)93-70(108)19-20-71(109)97-67-46-60(49-102(67)7)92-81(114)76-86-30-33-100(76)5/h10-11,14-18,25,30,33,44-52,54H,12-13,19-24,26-29,31-32,34-43H2,1-9H3,(H,84,106)(H,85,107)(H,87,112)(H,88,113)(H,90,111)(H,91,115)(H,92,114)(H,93,108)(H,94,110)(H,97,109)/t54-/m0/s1. The van der Waals surface area contributed by atoms with Gasteiger partial charge in [-0.1, -0.05) is 23.4 Å². The highest BCUT2D eigenvalue weighted by Gasteiger charge is 2.25. The number of rotatable bonds is 49. The SMILES string of the molecule is Cc1noc(C)c1-c1cnc2c(-c3ccc(NC(=O)CCOCCOCCOCCOCCOCCC(=O)NCCCN(C)CCCNC(=O)CCNC(=O)c4nc(NC(=O)CCNC(=O)c5cc(NC(=O)c6nc(NC(=O)CCC(=O)Nc7cc(NC(=O)c8nccn8C)cn7C)cn6C)cn5C)cn4C)cc3)cn([C@@H](C)c3ccccn3)c2c1. The minimum Gasteiger partial charge on any atom is -0.379 e. The van der Waals surface area contributed by atoms with E-state index in [9.17, 15) is 47.9 Å². The summed E-state index contributed by atoms with van der Waals surface area (Å²) in [6.45, 7) is 11.7. The van der Waals surface area contributed by atoms with E-state index in [1.807, 2.05) is 69.6 Å². The smallest absolute Gasteiger partial charge is 0.291 e. The first-order valence-electron chi connectivity index (χ1n) is 39.7. The van der Waals surface area contributed by atoms with E-state index in [1.54, 1.807) is 69.0 Å². The van der Waals surface area contributed by atoms with Gasteiger partial charge in [-0.05, 0) is 95.7 Å². The second-order valence-electron chi connectivity index (χ2n) is 28.6. The van der Waals surface area contributed by atoms with Crippen molar-refractivity contribution >= 4 is 105 Å². The molecular weight excluding hydrogens is 1560 g/mol. The molecule has 1 aromatic carbocycles. The average Bonchev–Trinajstić information content (AvgIpc) is 1.61. The van der Waals surface area contributed by atoms with Crippen molar-refractivity contribution in [2.45, 2.75) is 78.2 Å². The molecule has 39 heteroatoms. The number of carbonyl (C=O) groups is 10. The highest BCUT2D eigenvalue weighted by molar-refractivity contribution is 6.05. The van der Waals surface area contributed by atoms with Crippen molar-refractivity contribution in [3.63, 3.8) is 0 Å². The van der Waals surface area contributed by atoms with Crippen LogP contribution < -0.4 is 53.2 Å². The molecule has 0 spiro atoms. The molecule has 39 nitrogen and oxygen atoms in total. The van der Waals surface area contributed by atoms with Gasteiger partial charge < -0.3 is 114 Å². The fourth-order valence-electron chi connectivity index (χ4n) is 12.8. The summed E-state index contributed by atoms with van der Waals surface area (Å²) >= 11 is 0. The third-order valence-electron chi connectivity index (χ3n) is 19.1. The number of fused-ring (bicyclic) bond motifs is 1. The number of aromatic nitrogens is 12. The number of benzene rings is 1. The predicted octanol–water partition coefficient (Wildman–Crippen LogP) is 6.04. The summed E-state index contributed by atoms with van der Waals surface area (Å²) in [6.07, 6.45) is 16.2. The average molecular weight is 1670 g/mol. The van der Waals surface area contributed by atoms with Crippen LogP contribution in [0, 0.1) is 13.8 Å². The van der Waals surface area contributed by atoms with Crippen molar-refractivity contribution in [3.05, 3.63) is 157 Å². The van der Waals surface area contributed by atoms with Crippen molar-refractivity contribution < 1.29 is 76.2 Å². The summed E-state index contributed by atoms with van der Waals surface area (Å²) in [7, 11) is 10.1. The van der Waals surface area contributed by atoms with Crippen molar-refractivity contribution in [2.24, 2.45) is 35.2 Å². The lowest BCUT2D eigenvalue weighted by atomic mass is 10.0. The normalized spacial score (nSPS) is 11.5. The van der Waals surface area contributed by atoms with Crippen LogP contribution in [0.5, 0.6) is 0 Å². The Kier molecular flexibility index (Phi) is 33.7. The Labute approximate surface area is 698 Å². The molecule has 0 unspecified atom stereocenters. The van der Waals surface area contributed by atoms with Crippen LogP contribution in [0.4, 0.5) is 34.5 Å². The maximum Gasteiger partial charge on any atom is 0.291 e. The molecule has 10 aromatic rings. The van der Waals surface area contributed by atoms with E-state index >= 15 is 0 Å². The fraction of sp³-hybridized carbons (Fsp3) is 0.415. The lowest BCUT2D eigenvalue weighted by Gasteiger charge is -2.16. The van der Waals surface area contributed by atoms with Crippen molar-refractivity contribution in [2.75, 3.05) is 144 Å². The molecular formula is C82H105N23O16. The number of pyridine rings is 2. The number of carbonyl (C=O) groups excluding carboxylic acids is 10. The number of anilines is 6. The first-order chi connectivity index (χ1) is 58.3. The molecule has 10 N–H and O–H groups in total. The molecule has 10 amide bonds. The van der Waals surface area contributed by atoms with E-state index in [0.717, 1.165) is 63.4 Å². The molecule has 9 heterocycles. The minimum atomic E-state index is -0.647. The molecule has 644 valence electrons. The van der Waals surface area contributed by atoms with Crippen LogP contribution >= 0.6 is 0 Å². The van der Waals surface area contributed by atoms with Gasteiger partial charge in [0, 0.05) is 178 Å². The van der Waals surface area contributed by atoms with Crippen LogP contribution in [0.15, 0.2) is 121 Å². The van der Waals surface area contributed by atoms with Gasteiger partial charge in [0.1, 0.15) is 17.3 Å². The monoisotopic (exact) mass is 1670 g/mol. The summed E-state index contributed by atoms with van der Waals surface area (Å²) in [5.41, 5.74) is 8.76. The van der Waals surface area contributed by atoms with Gasteiger partial charge in [0.05, 0.1) is 112 Å². The molecule has 0 aliphatic carbocycles. The van der Waals surface area contributed by atoms with Gasteiger partial charge in [-0.3, -0.25) is 57.9 Å². The molecule has 10 rings (SSSR count). The number of aryl methyl sites for hydroxylation is 7. The van der Waals surface area contributed by atoms with Gasteiger partial charge >= 0.3 is 0 Å². The molecule has 0 aliphatic rings. The van der Waals surface area contributed by atoms with Gasteiger partial charge in [0.2, 0.25) is 47.1 Å². The molecule has 1 atom stereocenters. The van der Waals surface area contributed by atoms with E-state index in [0.29, 0.717) is 96.1 Å². The lowest BCUT2D eigenvalue weighted by Crippen LogP contribution is -2.33. The number of hydrogen-bond donors (Lipinski definition) is 10. The molecule has 0 aliphatic heterocycles. The Balaban J connectivity index is 0.482. The van der Waals surface area contributed by atoms with Crippen molar-refractivity contribution in [3.8, 4) is 22.3 Å². The third-order valence-corrected chi connectivity index (χ3v) is 19.1. The van der Waals surface area contributed by atoms with Crippen LogP contribution in [0.1, 0.15) is 124 Å². The summed E-state index contributed by atoms with van der Waals surface area (Å²) in [5.74, 6) is -2.76. The van der Waals surface area contributed by atoms with E-state index < -0.39 is 41.4 Å². The van der Waals surface area contributed by atoms with Crippen molar-refractivity contribution in [1.29, 1.82) is 0 Å². The van der Waals surface area contributed by atoms with Crippen LogP contribution in [-0.2, 0) is 87.7 Å². The Morgan fingerprint density at radius 3 is 1.59 bits per heavy atom. The molecule has 0 saturated heterocycles. The summed E-state index contributed by atoms with van der Waals surface area (Å²) < 4.78 is 43.1. The number of nitrogens with zero attached hydrogens (tertiary/aromatic N) is 13. The maximum absolute atomic E-state index is 13.3. The first-order valence-corrected chi connectivity index (χ1v) is 39.7. The molecule has 0 bridgehead atoms. The predicted molar refractivity (Wildman–Crippen MR) is 448 cm³/mol. The van der Waals surface area contributed by atoms with Gasteiger partial charge in [0.25, 0.3) is 23.6 Å². The molecule has 0 radical (unpaired) electrons. The largest absolute Gasteiger partial charge is 0.379 e. The number of hydrogen-bond acceptors (Lipinski definition) is 23. The minimum absolute atomic E-state index is 0.00416. The second kappa shape index (κ2) is 45.2. The van der Waals surface area contributed by atoms with Crippen LogP contribution in [0.3, 0.4) is 0 Å². The molecule has 0 saturated carbocycles. The molecule has 0 fully saturated rings. The van der Waals surface area contributed by atoms with E-state index in [2.05, 4.69) is 107 Å². The lowest BCUT2D eigenvalue weighted by molar-refractivity contribution is -0.122. The number of nitrogens with one attached hydrogen (secondary N) is 10. The van der Waals surface area contributed by atoms with E-state index in [4.69, 9.17) is 33.2 Å². The number of amides is 10. The van der Waals surface area contributed by atoms with Crippen LogP contribution in [0.25, 0.3) is 33.3 Å². The van der Waals surface area contributed by atoms with Gasteiger partial charge in [-0.25, -0.2) is 15.0 Å². The quantitative estimate of drug-likeness (QED) is 0.0194.